The summed E-state index contributed by atoms with van der Waals surface area (Å²) in [5, 5.41) is 0. The average Bonchev–Trinajstić information content (AvgIpc) is 2.99. The van der Waals surface area contributed by atoms with Crippen LogP contribution in [0.1, 0.15) is 11.1 Å². The number of carbonyl (C=O) groups excluding carboxylic acids is 2. The molecular weight excluding hydrogens is 366 g/mol. The minimum absolute atomic E-state index is 0.273. The summed E-state index contributed by atoms with van der Waals surface area (Å²) in [7, 11) is 3.91. The van der Waals surface area contributed by atoms with E-state index in [2.05, 4.69) is 0 Å². The molecule has 150 valence electrons. The number of hydrogen-bond acceptors (Lipinski definition) is 5. The first-order valence-corrected chi connectivity index (χ1v) is 9.77. The van der Waals surface area contributed by atoms with Gasteiger partial charge in [-0.3, -0.25) is 9.59 Å². The molecule has 29 heavy (non-hydrogen) atoms. The molecule has 2 heterocycles. The SMILES string of the molecule is Cc1ccc(C2=C(N3CCOCC3)C(=O)N(c3ccc(N(C)C)cc3)C2=O)cc1. The molecule has 6 heteroatoms. The molecule has 2 aliphatic rings. The number of morpholine rings is 1. The number of rotatable bonds is 4. The summed E-state index contributed by atoms with van der Waals surface area (Å²) in [4.78, 5) is 32.1. The Morgan fingerprint density at radius 3 is 2.07 bits per heavy atom. The quantitative estimate of drug-likeness (QED) is 0.750. The number of nitrogens with zero attached hydrogens (tertiary/aromatic N) is 3. The molecule has 0 unspecified atom stereocenters. The molecule has 1 saturated heterocycles. The van der Waals surface area contributed by atoms with Gasteiger partial charge in [0.2, 0.25) is 0 Å². The van der Waals surface area contributed by atoms with Gasteiger partial charge in [-0.15, -0.1) is 0 Å². The van der Waals surface area contributed by atoms with Crippen LogP contribution in [0.15, 0.2) is 54.2 Å². The van der Waals surface area contributed by atoms with Crippen molar-refractivity contribution in [1.29, 1.82) is 0 Å². The van der Waals surface area contributed by atoms with E-state index in [1.807, 2.05) is 79.3 Å². The van der Waals surface area contributed by atoms with Crippen molar-refractivity contribution in [3.63, 3.8) is 0 Å². The molecule has 0 aliphatic carbocycles. The lowest BCUT2D eigenvalue weighted by molar-refractivity contribution is -0.121. The van der Waals surface area contributed by atoms with Crippen molar-refractivity contribution in [1.82, 2.24) is 4.90 Å². The average molecular weight is 391 g/mol. The zero-order valence-electron chi connectivity index (χ0n) is 17.0. The Bertz CT molecular complexity index is 956. The number of ether oxygens (including phenoxy) is 1. The van der Waals surface area contributed by atoms with Gasteiger partial charge in [0.15, 0.2) is 0 Å². The van der Waals surface area contributed by atoms with Crippen LogP contribution in [0.4, 0.5) is 11.4 Å². The first-order chi connectivity index (χ1) is 14.0. The van der Waals surface area contributed by atoms with Crippen molar-refractivity contribution >= 4 is 28.8 Å². The molecule has 2 aromatic rings. The van der Waals surface area contributed by atoms with Crippen LogP contribution in [0.2, 0.25) is 0 Å². The van der Waals surface area contributed by atoms with Crippen LogP contribution < -0.4 is 9.80 Å². The molecule has 4 rings (SSSR count). The molecule has 0 N–H and O–H groups in total. The highest BCUT2D eigenvalue weighted by Crippen LogP contribution is 2.35. The van der Waals surface area contributed by atoms with Crippen LogP contribution in [0.25, 0.3) is 5.57 Å². The summed E-state index contributed by atoms with van der Waals surface area (Å²) in [6, 6.07) is 15.2. The summed E-state index contributed by atoms with van der Waals surface area (Å²) in [6.45, 7) is 4.28. The maximum Gasteiger partial charge on any atom is 0.282 e. The predicted octanol–water partition coefficient (Wildman–Crippen LogP) is 2.68. The lowest BCUT2D eigenvalue weighted by Gasteiger charge is -2.29. The Morgan fingerprint density at radius 2 is 1.48 bits per heavy atom. The van der Waals surface area contributed by atoms with E-state index in [1.54, 1.807) is 0 Å². The number of amides is 2. The van der Waals surface area contributed by atoms with E-state index < -0.39 is 0 Å². The number of imide groups is 1. The zero-order chi connectivity index (χ0) is 20.5. The number of anilines is 2. The van der Waals surface area contributed by atoms with Crippen molar-refractivity contribution in [2.45, 2.75) is 6.92 Å². The summed E-state index contributed by atoms with van der Waals surface area (Å²) in [5.41, 5.74) is 4.40. The van der Waals surface area contributed by atoms with E-state index in [4.69, 9.17) is 4.74 Å². The van der Waals surface area contributed by atoms with Gasteiger partial charge >= 0.3 is 0 Å². The molecule has 0 atom stereocenters. The van der Waals surface area contributed by atoms with Crippen LogP contribution in [0, 0.1) is 6.92 Å². The Hall–Kier alpha value is -3.12. The fourth-order valence-corrected chi connectivity index (χ4v) is 3.71. The molecule has 0 aromatic heterocycles. The van der Waals surface area contributed by atoms with Crippen LogP contribution in [0.3, 0.4) is 0 Å². The largest absolute Gasteiger partial charge is 0.378 e. The fraction of sp³-hybridized carbons (Fsp3) is 0.304. The standard InChI is InChI=1S/C23H25N3O3/c1-16-4-6-17(7-5-16)20-21(25-12-14-29-15-13-25)23(28)26(22(20)27)19-10-8-18(9-11-19)24(2)3/h4-11H,12-15H2,1-3H3. The lowest BCUT2D eigenvalue weighted by Crippen LogP contribution is -2.40. The van der Waals surface area contributed by atoms with E-state index in [9.17, 15) is 9.59 Å². The predicted molar refractivity (Wildman–Crippen MR) is 114 cm³/mol. The van der Waals surface area contributed by atoms with Gasteiger partial charge in [-0.1, -0.05) is 29.8 Å². The van der Waals surface area contributed by atoms with Gasteiger partial charge in [-0.05, 0) is 36.8 Å². The van der Waals surface area contributed by atoms with E-state index in [0.29, 0.717) is 43.3 Å². The third-order valence-corrected chi connectivity index (χ3v) is 5.35. The van der Waals surface area contributed by atoms with E-state index in [-0.39, 0.29) is 11.8 Å². The van der Waals surface area contributed by atoms with Crippen LogP contribution in [-0.2, 0) is 14.3 Å². The molecule has 6 nitrogen and oxygen atoms in total. The first-order valence-electron chi connectivity index (χ1n) is 9.77. The summed E-state index contributed by atoms with van der Waals surface area (Å²) < 4.78 is 5.45. The van der Waals surface area contributed by atoms with E-state index in [1.165, 1.54) is 4.90 Å². The van der Waals surface area contributed by atoms with Gasteiger partial charge in [0.25, 0.3) is 11.8 Å². The minimum atomic E-state index is -0.280. The number of aryl methyl sites for hydroxylation is 1. The Kier molecular flexibility index (Phi) is 5.11. The van der Waals surface area contributed by atoms with Crippen molar-refractivity contribution in [3.05, 3.63) is 65.4 Å². The second kappa shape index (κ2) is 7.72. The van der Waals surface area contributed by atoms with Crippen molar-refractivity contribution < 1.29 is 14.3 Å². The zero-order valence-corrected chi connectivity index (χ0v) is 17.0. The van der Waals surface area contributed by atoms with Gasteiger partial charge in [-0.25, -0.2) is 4.90 Å². The van der Waals surface area contributed by atoms with E-state index >= 15 is 0 Å². The molecule has 0 bridgehead atoms. The van der Waals surface area contributed by atoms with Crippen molar-refractivity contribution in [2.75, 3.05) is 50.2 Å². The normalized spacial score (nSPS) is 17.3. The van der Waals surface area contributed by atoms with Crippen molar-refractivity contribution in [3.8, 4) is 0 Å². The number of hydrogen-bond donors (Lipinski definition) is 0. The minimum Gasteiger partial charge on any atom is -0.378 e. The first kappa shape index (κ1) is 19.2. The second-order valence-corrected chi connectivity index (χ2v) is 7.55. The number of benzene rings is 2. The monoisotopic (exact) mass is 391 g/mol. The van der Waals surface area contributed by atoms with Crippen molar-refractivity contribution in [2.24, 2.45) is 0 Å². The summed E-state index contributed by atoms with van der Waals surface area (Å²) in [6.07, 6.45) is 0. The lowest BCUT2D eigenvalue weighted by atomic mass is 10.0. The highest BCUT2D eigenvalue weighted by molar-refractivity contribution is 6.45. The molecule has 2 aliphatic heterocycles. The maximum absolute atomic E-state index is 13.5. The highest BCUT2D eigenvalue weighted by Gasteiger charge is 2.42. The second-order valence-electron chi connectivity index (χ2n) is 7.55. The summed E-state index contributed by atoms with van der Waals surface area (Å²) >= 11 is 0. The van der Waals surface area contributed by atoms with Gasteiger partial charge in [-0.2, -0.15) is 0 Å². The van der Waals surface area contributed by atoms with Gasteiger partial charge in [0, 0.05) is 32.9 Å². The molecular formula is C23H25N3O3. The summed E-state index contributed by atoms with van der Waals surface area (Å²) in [5.74, 6) is -0.553. The van der Waals surface area contributed by atoms with Crippen LogP contribution in [0.5, 0.6) is 0 Å². The molecule has 0 radical (unpaired) electrons. The molecule has 1 fully saturated rings. The van der Waals surface area contributed by atoms with Gasteiger partial charge < -0.3 is 14.5 Å². The van der Waals surface area contributed by atoms with Gasteiger partial charge in [0.05, 0.1) is 24.5 Å². The number of carbonyl (C=O) groups is 2. The third-order valence-electron chi connectivity index (χ3n) is 5.35. The highest BCUT2D eigenvalue weighted by atomic mass is 16.5. The molecule has 0 spiro atoms. The van der Waals surface area contributed by atoms with Crippen LogP contribution in [-0.4, -0.2) is 57.1 Å². The van der Waals surface area contributed by atoms with Crippen LogP contribution >= 0.6 is 0 Å². The fourth-order valence-electron chi connectivity index (χ4n) is 3.71. The smallest absolute Gasteiger partial charge is 0.282 e. The van der Waals surface area contributed by atoms with Gasteiger partial charge in [0.1, 0.15) is 5.70 Å². The molecule has 2 amide bonds. The topological polar surface area (TPSA) is 53.1 Å². The molecule has 0 saturated carbocycles. The molecule has 2 aromatic carbocycles. The Morgan fingerprint density at radius 1 is 0.862 bits per heavy atom. The Labute approximate surface area is 171 Å². The van der Waals surface area contributed by atoms with E-state index in [0.717, 1.165) is 16.8 Å². The maximum atomic E-state index is 13.5. The Balaban J connectivity index is 1.77. The third kappa shape index (κ3) is 3.51.